The summed E-state index contributed by atoms with van der Waals surface area (Å²) in [6, 6.07) is 14.9. The van der Waals surface area contributed by atoms with Crippen molar-refractivity contribution in [1.82, 2.24) is 0 Å². The van der Waals surface area contributed by atoms with Gasteiger partial charge in [0.1, 0.15) is 11.5 Å². The van der Waals surface area contributed by atoms with E-state index in [9.17, 15) is 0 Å². The summed E-state index contributed by atoms with van der Waals surface area (Å²) in [4.78, 5) is 0. The zero-order valence-electron chi connectivity index (χ0n) is 11.2. The molecule has 0 radical (unpaired) electrons. The highest BCUT2D eigenvalue weighted by Crippen LogP contribution is 2.21. The monoisotopic (exact) mass is 296 g/mol. The molecule has 0 aliphatic heterocycles. The van der Waals surface area contributed by atoms with E-state index in [1.807, 2.05) is 24.3 Å². The Hall–Kier alpha value is -2.63. The first-order chi connectivity index (χ1) is 10.3. The highest BCUT2D eigenvalue weighted by Gasteiger charge is 1.99. The van der Waals surface area contributed by atoms with Crippen LogP contribution in [0.15, 0.2) is 48.5 Å². The molecule has 104 valence electrons. The molecule has 2 rings (SSSR count). The molecule has 2 aromatic carbocycles. The first-order valence-corrected chi connectivity index (χ1v) is 7.35. The lowest BCUT2D eigenvalue weighted by atomic mass is 10.2. The standard InChI is InChI=1S/C16H12N2O2S/c17-11-19-15-5-1-13(2-6-15)9-21-10-14-3-7-16(8-4-14)20-12-18/h1-8H,9-10H2. The van der Waals surface area contributed by atoms with Crippen molar-refractivity contribution in [3.63, 3.8) is 0 Å². The molecular weight excluding hydrogens is 284 g/mol. The fourth-order valence-corrected chi connectivity index (χ4v) is 2.66. The summed E-state index contributed by atoms with van der Waals surface area (Å²) >= 11 is 1.79. The molecule has 21 heavy (non-hydrogen) atoms. The second kappa shape index (κ2) is 7.84. The van der Waals surface area contributed by atoms with Crippen molar-refractivity contribution in [2.45, 2.75) is 11.5 Å². The van der Waals surface area contributed by atoms with Gasteiger partial charge in [-0.3, -0.25) is 0 Å². The molecule has 0 amide bonds. The number of thioether (sulfide) groups is 1. The lowest BCUT2D eigenvalue weighted by Gasteiger charge is -2.04. The third-order valence-electron chi connectivity index (χ3n) is 2.71. The minimum Gasteiger partial charge on any atom is -0.388 e. The van der Waals surface area contributed by atoms with E-state index in [2.05, 4.69) is 0 Å². The van der Waals surface area contributed by atoms with Crippen LogP contribution in [-0.2, 0) is 11.5 Å². The number of hydrogen-bond acceptors (Lipinski definition) is 5. The molecule has 0 saturated carbocycles. The third kappa shape index (κ3) is 4.76. The van der Waals surface area contributed by atoms with Crippen molar-refractivity contribution in [3.8, 4) is 24.0 Å². The van der Waals surface area contributed by atoms with Crippen molar-refractivity contribution >= 4 is 11.8 Å². The summed E-state index contributed by atoms with van der Waals surface area (Å²) in [7, 11) is 0. The molecule has 2 aromatic rings. The van der Waals surface area contributed by atoms with E-state index in [1.54, 1.807) is 48.5 Å². The van der Waals surface area contributed by atoms with Gasteiger partial charge in [-0.05, 0) is 35.4 Å². The van der Waals surface area contributed by atoms with Gasteiger partial charge in [-0.15, -0.1) is 10.5 Å². The van der Waals surface area contributed by atoms with Gasteiger partial charge in [0.25, 0.3) is 12.5 Å². The number of nitrogens with zero attached hydrogens (tertiary/aromatic N) is 2. The van der Waals surface area contributed by atoms with Crippen LogP contribution >= 0.6 is 11.8 Å². The molecular formula is C16H12N2O2S. The fraction of sp³-hybridized carbons (Fsp3) is 0.125. The zero-order chi connectivity index (χ0) is 14.9. The summed E-state index contributed by atoms with van der Waals surface area (Å²) in [6.45, 7) is 0. The SMILES string of the molecule is N#COc1ccc(CSCc2ccc(OC#N)cc2)cc1. The van der Waals surface area contributed by atoms with E-state index in [1.165, 1.54) is 11.1 Å². The van der Waals surface area contributed by atoms with E-state index in [0.717, 1.165) is 11.5 Å². The molecule has 0 bridgehead atoms. The maximum absolute atomic E-state index is 8.41. The molecule has 0 heterocycles. The summed E-state index contributed by atoms with van der Waals surface area (Å²) < 4.78 is 9.46. The highest BCUT2D eigenvalue weighted by molar-refractivity contribution is 7.97. The van der Waals surface area contributed by atoms with Crippen LogP contribution in [0.1, 0.15) is 11.1 Å². The van der Waals surface area contributed by atoms with Crippen LogP contribution in [-0.4, -0.2) is 0 Å². The van der Waals surface area contributed by atoms with Gasteiger partial charge in [0.05, 0.1) is 0 Å². The highest BCUT2D eigenvalue weighted by atomic mass is 32.2. The normalized spacial score (nSPS) is 9.43. The predicted molar refractivity (Wildman–Crippen MR) is 80.4 cm³/mol. The molecule has 0 unspecified atom stereocenters. The maximum Gasteiger partial charge on any atom is 0.292 e. The Kier molecular flexibility index (Phi) is 5.51. The Morgan fingerprint density at radius 1 is 0.714 bits per heavy atom. The smallest absolute Gasteiger partial charge is 0.292 e. The minimum absolute atomic E-state index is 0.555. The van der Waals surface area contributed by atoms with E-state index < -0.39 is 0 Å². The quantitative estimate of drug-likeness (QED) is 0.758. The maximum atomic E-state index is 8.41. The molecule has 0 N–H and O–H groups in total. The second-order valence-corrected chi connectivity index (χ2v) is 5.15. The largest absolute Gasteiger partial charge is 0.388 e. The van der Waals surface area contributed by atoms with E-state index in [-0.39, 0.29) is 0 Å². The third-order valence-corrected chi connectivity index (χ3v) is 3.79. The molecule has 4 nitrogen and oxygen atoms in total. The van der Waals surface area contributed by atoms with Crippen LogP contribution in [0.5, 0.6) is 11.5 Å². The van der Waals surface area contributed by atoms with Crippen LogP contribution in [0.3, 0.4) is 0 Å². The van der Waals surface area contributed by atoms with Gasteiger partial charge < -0.3 is 9.47 Å². The van der Waals surface area contributed by atoms with Gasteiger partial charge in [0.15, 0.2) is 0 Å². The average molecular weight is 296 g/mol. The van der Waals surface area contributed by atoms with Crippen LogP contribution in [0.2, 0.25) is 0 Å². The first-order valence-electron chi connectivity index (χ1n) is 6.19. The van der Waals surface area contributed by atoms with Gasteiger partial charge >= 0.3 is 0 Å². The molecule has 0 spiro atoms. The first kappa shape index (κ1) is 14.8. The second-order valence-electron chi connectivity index (χ2n) is 4.17. The summed E-state index contributed by atoms with van der Waals surface area (Å²) in [5.41, 5.74) is 2.35. The van der Waals surface area contributed by atoms with Crippen molar-refractivity contribution < 1.29 is 9.47 Å². The van der Waals surface area contributed by atoms with Crippen molar-refractivity contribution in [2.24, 2.45) is 0 Å². The number of hydrogen-bond donors (Lipinski definition) is 0. The molecule has 0 fully saturated rings. The van der Waals surface area contributed by atoms with Crippen molar-refractivity contribution in [2.75, 3.05) is 0 Å². The Bertz CT molecular complexity index is 595. The van der Waals surface area contributed by atoms with E-state index in [0.29, 0.717) is 11.5 Å². The average Bonchev–Trinajstić information content (AvgIpc) is 2.51. The zero-order valence-corrected chi connectivity index (χ0v) is 12.0. The van der Waals surface area contributed by atoms with Gasteiger partial charge in [-0.1, -0.05) is 24.3 Å². The Labute approximate surface area is 127 Å². The lowest BCUT2D eigenvalue weighted by Crippen LogP contribution is -1.86. The van der Waals surface area contributed by atoms with Gasteiger partial charge in [0, 0.05) is 11.5 Å². The molecule has 0 aliphatic carbocycles. The van der Waals surface area contributed by atoms with Gasteiger partial charge in [-0.2, -0.15) is 11.8 Å². The van der Waals surface area contributed by atoms with Crippen LogP contribution in [0, 0.1) is 23.0 Å². The van der Waals surface area contributed by atoms with E-state index >= 15 is 0 Å². The number of rotatable bonds is 6. The van der Waals surface area contributed by atoms with Crippen molar-refractivity contribution in [3.05, 3.63) is 59.7 Å². The Morgan fingerprint density at radius 3 is 1.43 bits per heavy atom. The molecule has 5 heteroatoms. The summed E-state index contributed by atoms with van der Waals surface area (Å²) in [5.74, 6) is 2.87. The van der Waals surface area contributed by atoms with Gasteiger partial charge in [-0.25, -0.2) is 0 Å². The number of ether oxygens (including phenoxy) is 2. The van der Waals surface area contributed by atoms with Crippen molar-refractivity contribution in [1.29, 1.82) is 10.5 Å². The topological polar surface area (TPSA) is 66.0 Å². The fourth-order valence-electron chi connectivity index (χ4n) is 1.70. The van der Waals surface area contributed by atoms with Crippen LogP contribution in [0.4, 0.5) is 0 Å². The van der Waals surface area contributed by atoms with Crippen LogP contribution in [0.25, 0.3) is 0 Å². The number of benzene rings is 2. The summed E-state index contributed by atoms with van der Waals surface area (Å²) in [5, 5.41) is 16.8. The predicted octanol–water partition coefficient (Wildman–Crippen LogP) is 3.84. The molecule has 0 saturated heterocycles. The number of nitriles is 2. The van der Waals surface area contributed by atoms with E-state index in [4.69, 9.17) is 20.0 Å². The van der Waals surface area contributed by atoms with Crippen LogP contribution < -0.4 is 9.47 Å². The molecule has 0 atom stereocenters. The summed E-state index contributed by atoms with van der Waals surface area (Å²) in [6.07, 6.45) is 3.29. The molecule has 0 aliphatic rings. The Balaban J connectivity index is 1.81. The lowest BCUT2D eigenvalue weighted by molar-refractivity contribution is 0.507. The molecule has 0 aromatic heterocycles. The minimum atomic E-state index is 0.555. The van der Waals surface area contributed by atoms with Gasteiger partial charge in [0.2, 0.25) is 0 Å². The Morgan fingerprint density at radius 2 is 1.10 bits per heavy atom.